The molecule has 1 aliphatic carbocycles. The highest BCUT2D eigenvalue weighted by Gasteiger charge is 2.18. The molecule has 0 unspecified atom stereocenters. The van der Waals surface area contributed by atoms with E-state index in [9.17, 15) is 9.59 Å². The van der Waals surface area contributed by atoms with Crippen molar-refractivity contribution in [2.75, 3.05) is 0 Å². The number of Topliss-reactive ketones (excluding diaryl/α,β-unsaturated/α-hetero) is 2. The zero-order chi connectivity index (χ0) is 21.4. The Kier molecular flexibility index (Phi) is 5.32. The molecular weight excluding hydrogens is 410 g/mol. The molecule has 3 heterocycles. The lowest BCUT2D eigenvalue weighted by Gasteiger charge is -2.01. The van der Waals surface area contributed by atoms with Crippen molar-refractivity contribution >= 4 is 33.9 Å². The van der Waals surface area contributed by atoms with Crippen molar-refractivity contribution in [2.24, 2.45) is 0 Å². The Labute approximate surface area is 184 Å². The Bertz CT molecular complexity index is 1280. The molecule has 0 spiro atoms. The highest BCUT2D eigenvalue weighted by atomic mass is 32.1. The standard InChI is InChI=1S/C25H23NO4S/c1-15(27)5-6-20-7-8-23(30-20)22-14-31-25(26-22)12-19(28)9-18-13-29-24-11-17-4-2-3-16(17)10-21(18)24/h7-8,10-11,13-14H,2-6,9,12H2,1H3. The Hall–Kier alpha value is -2.99. The number of fused-ring (bicyclic) bond motifs is 2. The van der Waals surface area contributed by atoms with Gasteiger partial charge in [-0.1, -0.05) is 0 Å². The fourth-order valence-corrected chi connectivity index (χ4v) is 4.99. The predicted molar refractivity (Wildman–Crippen MR) is 119 cm³/mol. The number of thiazole rings is 1. The van der Waals surface area contributed by atoms with E-state index in [0.29, 0.717) is 31.4 Å². The summed E-state index contributed by atoms with van der Waals surface area (Å²) in [5.74, 6) is 1.70. The number of rotatable bonds is 8. The van der Waals surface area contributed by atoms with Gasteiger partial charge in [-0.3, -0.25) is 4.79 Å². The third-order valence-corrected chi connectivity index (χ3v) is 6.64. The van der Waals surface area contributed by atoms with Crippen LogP contribution in [0.1, 0.15) is 47.2 Å². The summed E-state index contributed by atoms with van der Waals surface area (Å²) in [6.07, 6.45) is 6.82. The van der Waals surface area contributed by atoms with Gasteiger partial charge in [-0.25, -0.2) is 4.98 Å². The predicted octanol–water partition coefficient (Wildman–Crippen LogP) is 5.51. The van der Waals surface area contributed by atoms with Crippen LogP contribution in [0.3, 0.4) is 0 Å². The molecule has 0 radical (unpaired) electrons. The molecule has 4 aromatic rings. The number of hydrogen-bond acceptors (Lipinski definition) is 6. The number of ketones is 2. The van der Waals surface area contributed by atoms with E-state index >= 15 is 0 Å². The van der Waals surface area contributed by atoms with Crippen LogP contribution in [0.2, 0.25) is 0 Å². The first-order chi connectivity index (χ1) is 15.0. The zero-order valence-electron chi connectivity index (χ0n) is 17.4. The molecule has 5 rings (SSSR count). The Balaban J connectivity index is 1.25. The van der Waals surface area contributed by atoms with Crippen molar-refractivity contribution in [3.05, 3.63) is 63.4 Å². The number of carbonyl (C=O) groups excluding carboxylic acids is 2. The molecule has 1 aliphatic rings. The Morgan fingerprint density at radius 2 is 1.97 bits per heavy atom. The largest absolute Gasteiger partial charge is 0.464 e. The molecule has 6 heteroatoms. The van der Waals surface area contributed by atoms with E-state index < -0.39 is 0 Å². The molecule has 1 aromatic carbocycles. The summed E-state index contributed by atoms with van der Waals surface area (Å²) in [6, 6.07) is 8.08. The number of aryl methyl sites for hydroxylation is 3. The first-order valence-corrected chi connectivity index (χ1v) is 11.5. The first-order valence-electron chi connectivity index (χ1n) is 10.6. The molecular formula is C25H23NO4S. The minimum absolute atomic E-state index is 0.116. The van der Waals surface area contributed by atoms with Gasteiger partial charge < -0.3 is 13.6 Å². The lowest BCUT2D eigenvalue weighted by Crippen LogP contribution is -2.06. The van der Waals surface area contributed by atoms with Crippen LogP contribution >= 0.6 is 11.3 Å². The average molecular weight is 434 g/mol. The van der Waals surface area contributed by atoms with Gasteiger partial charge in [0, 0.05) is 35.6 Å². The Morgan fingerprint density at radius 3 is 2.81 bits per heavy atom. The van der Waals surface area contributed by atoms with Crippen LogP contribution in [0.4, 0.5) is 0 Å². The summed E-state index contributed by atoms with van der Waals surface area (Å²) in [5, 5.41) is 3.74. The molecule has 0 amide bonds. The van der Waals surface area contributed by atoms with Crippen LogP contribution in [-0.2, 0) is 41.7 Å². The summed E-state index contributed by atoms with van der Waals surface area (Å²) in [5.41, 5.74) is 5.31. The lowest BCUT2D eigenvalue weighted by molar-refractivity contribution is -0.118. The van der Waals surface area contributed by atoms with Gasteiger partial charge in [0.1, 0.15) is 33.6 Å². The van der Waals surface area contributed by atoms with Crippen molar-refractivity contribution < 1.29 is 18.4 Å². The van der Waals surface area contributed by atoms with Gasteiger partial charge >= 0.3 is 0 Å². The van der Waals surface area contributed by atoms with E-state index in [4.69, 9.17) is 8.83 Å². The summed E-state index contributed by atoms with van der Waals surface area (Å²) < 4.78 is 11.5. The maximum atomic E-state index is 12.7. The van der Waals surface area contributed by atoms with Crippen LogP contribution in [-0.4, -0.2) is 16.6 Å². The van der Waals surface area contributed by atoms with Crippen molar-refractivity contribution in [1.29, 1.82) is 0 Å². The average Bonchev–Trinajstić information content (AvgIpc) is 3.52. The van der Waals surface area contributed by atoms with Crippen LogP contribution in [0.15, 0.2) is 44.7 Å². The second-order valence-electron chi connectivity index (χ2n) is 8.22. The number of aromatic nitrogens is 1. The quantitative estimate of drug-likeness (QED) is 0.366. The third kappa shape index (κ3) is 4.26. The topological polar surface area (TPSA) is 73.3 Å². The van der Waals surface area contributed by atoms with E-state index in [2.05, 4.69) is 17.1 Å². The van der Waals surface area contributed by atoms with Crippen LogP contribution in [0.5, 0.6) is 0 Å². The molecule has 5 nitrogen and oxygen atoms in total. The molecule has 31 heavy (non-hydrogen) atoms. The highest BCUT2D eigenvalue weighted by Crippen LogP contribution is 2.31. The Morgan fingerprint density at radius 1 is 1.13 bits per heavy atom. The molecule has 0 saturated carbocycles. The second-order valence-corrected chi connectivity index (χ2v) is 9.16. The molecule has 0 aliphatic heterocycles. The normalized spacial score (nSPS) is 13.1. The summed E-state index contributed by atoms with van der Waals surface area (Å²) in [6.45, 7) is 1.58. The SMILES string of the molecule is CC(=O)CCc1ccc(-c2csc(CC(=O)Cc3coc4cc5c(cc34)CCC5)n2)o1. The molecule has 3 aromatic heterocycles. The van der Waals surface area contributed by atoms with Crippen molar-refractivity contribution in [3.8, 4) is 11.5 Å². The number of furan rings is 2. The minimum atomic E-state index is 0.116. The van der Waals surface area contributed by atoms with E-state index in [-0.39, 0.29) is 11.6 Å². The number of benzene rings is 1. The van der Waals surface area contributed by atoms with Gasteiger partial charge in [-0.15, -0.1) is 11.3 Å². The van der Waals surface area contributed by atoms with E-state index in [1.54, 1.807) is 13.2 Å². The molecule has 158 valence electrons. The molecule has 0 bridgehead atoms. The van der Waals surface area contributed by atoms with Crippen LogP contribution in [0.25, 0.3) is 22.4 Å². The van der Waals surface area contributed by atoms with Crippen LogP contribution in [0, 0.1) is 0 Å². The summed E-state index contributed by atoms with van der Waals surface area (Å²) in [7, 11) is 0. The summed E-state index contributed by atoms with van der Waals surface area (Å²) >= 11 is 1.46. The number of carbonyl (C=O) groups is 2. The zero-order valence-corrected chi connectivity index (χ0v) is 18.2. The van der Waals surface area contributed by atoms with Crippen molar-refractivity contribution in [3.63, 3.8) is 0 Å². The highest BCUT2D eigenvalue weighted by molar-refractivity contribution is 7.10. The van der Waals surface area contributed by atoms with Gasteiger partial charge in [0.25, 0.3) is 0 Å². The van der Waals surface area contributed by atoms with Crippen LogP contribution < -0.4 is 0 Å². The molecule has 0 atom stereocenters. The minimum Gasteiger partial charge on any atom is -0.464 e. The molecule has 0 fully saturated rings. The van der Waals surface area contributed by atoms with Crippen molar-refractivity contribution in [2.45, 2.75) is 51.9 Å². The fourth-order valence-electron chi connectivity index (χ4n) is 4.18. The second kappa shape index (κ2) is 8.27. The van der Waals surface area contributed by atoms with Gasteiger partial charge in [-0.05, 0) is 61.6 Å². The van der Waals surface area contributed by atoms with E-state index in [0.717, 1.165) is 45.8 Å². The monoisotopic (exact) mass is 433 g/mol. The molecule has 0 saturated heterocycles. The molecule has 0 N–H and O–H groups in total. The van der Waals surface area contributed by atoms with Gasteiger partial charge in [0.2, 0.25) is 0 Å². The van der Waals surface area contributed by atoms with Gasteiger partial charge in [-0.2, -0.15) is 0 Å². The van der Waals surface area contributed by atoms with Crippen molar-refractivity contribution in [1.82, 2.24) is 4.98 Å². The van der Waals surface area contributed by atoms with E-state index in [1.165, 1.54) is 28.9 Å². The first kappa shape index (κ1) is 19.9. The van der Waals surface area contributed by atoms with E-state index in [1.807, 2.05) is 17.5 Å². The lowest BCUT2D eigenvalue weighted by atomic mass is 10.0. The van der Waals surface area contributed by atoms with Gasteiger partial charge in [0.15, 0.2) is 5.76 Å². The third-order valence-electron chi connectivity index (χ3n) is 5.79. The number of nitrogens with zero attached hydrogens (tertiary/aromatic N) is 1. The fraction of sp³-hybridized carbons (Fsp3) is 0.320. The maximum absolute atomic E-state index is 12.7. The van der Waals surface area contributed by atoms with Gasteiger partial charge in [0.05, 0.1) is 12.7 Å². The maximum Gasteiger partial charge on any atom is 0.153 e. The number of hydrogen-bond donors (Lipinski definition) is 0. The smallest absolute Gasteiger partial charge is 0.153 e. The summed E-state index contributed by atoms with van der Waals surface area (Å²) in [4.78, 5) is 28.5.